The largest absolute Gasteiger partial charge is 0.348 e. The molecule has 20 heavy (non-hydrogen) atoms. The van der Waals surface area contributed by atoms with Crippen molar-refractivity contribution < 1.29 is 13.6 Å². The zero-order valence-corrected chi connectivity index (χ0v) is 11.3. The van der Waals surface area contributed by atoms with E-state index >= 15 is 0 Å². The molecule has 0 spiro atoms. The summed E-state index contributed by atoms with van der Waals surface area (Å²) in [6.45, 7) is 3.39. The first-order chi connectivity index (χ1) is 9.47. The molecule has 1 N–H and O–H groups in total. The van der Waals surface area contributed by atoms with Crippen molar-refractivity contribution in [2.24, 2.45) is 0 Å². The molecule has 2 rings (SSSR count). The lowest BCUT2D eigenvalue weighted by atomic mass is 10.1. The highest BCUT2D eigenvalue weighted by molar-refractivity contribution is 5.94. The van der Waals surface area contributed by atoms with E-state index in [9.17, 15) is 13.6 Å². The van der Waals surface area contributed by atoms with Crippen LogP contribution in [-0.4, -0.2) is 5.91 Å². The number of nitrogens with one attached hydrogen (secondary N) is 1. The van der Waals surface area contributed by atoms with Gasteiger partial charge in [0.15, 0.2) is 0 Å². The van der Waals surface area contributed by atoms with E-state index in [4.69, 9.17) is 0 Å². The van der Waals surface area contributed by atoms with Gasteiger partial charge in [0.25, 0.3) is 5.91 Å². The van der Waals surface area contributed by atoms with Gasteiger partial charge in [0.05, 0.1) is 0 Å². The summed E-state index contributed by atoms with van der Waals surface area (Å²) < 4.78 is 26.8. The summed E-state index contributed by atoms with van der Waals surface area (Å²) in [6, 6.07) is 9.55. The summed E-state index contributed by atoms with van der Waals surface area (Å²) in [4.78, 5) is 11.9. The van der Waals surface area contributed by atoms with Crippen LogP contribution in [0, 0.1) is 25.5 Å². The third-order valence-corrected chi connectivity index (χ3v) is 3.11. The topological polar surface area (TPSA) is 29.1 Å². The number of amides is 1. The highest BCUT2D eigenvalue weighted by Crippen LogP contribution is 2.14. The first-order valence-corrected chi connectivity index (χ1v) is 6.27. The molecule has 0 saturated heterocycles. The van der Waals surface area contributed by atoms with E-state index in [0.717, 1.165) is 5.56 Å². The predicted molar refractivity (Wildman–Crippen MR) is 73.4 cm³/mol. The maximum absolute atomic E-state index is 13.4. The second-order valence-electron chi connectivity index (χ2n) is 4.73. The van der Waals surface area contributed by atoms with E-state index in [-0.39, 0.29) is 18.0 Å². The van der Waals surface area contributed by atoms with Gasteiger partial charge >= 0.3 is 0 Å². The van der Waals surface area contributed by atoms with Crippen molar-refractivity contribution >= 4 is 5.91 Å². The molecule has 0 bridgehead atoms. The maximum Gasteiger partial charge on any atom is 0.251 e. The molecule has 0 unspecified atom stereocenters. The van der Waals surface area contributed by atoms with Gasteiger partial charge in [0.1, 0.15) is 11.6 Å². The Balaban J connectivity index is 2.05. The van der Waals surface area contributed by atoms with Crippen LogP contribution < -0.4 is 5.32 Å². The van der Waals surface area contributed by atoms with Gasteiger partial charge in [0.2, 0.25) is 0 Å². The van der Waals surface area contributed by atoms with Crippen LogP contribution in [0.1, 0.15) is 27.0 Å². The summed E-state index contributed by atoms with van der Waals surface area (Å²) in [5, 5.41) is 2.64. The summed E-state index contributed by atoms with van der Waals surface area (Å²) >= 11 is 0. The number of rotatable bonds is 3. The third-order valence-electron chi connectivity index (χ3n) is 3.11. The third kappa shape index (κ3) is 3.20. The number of halogens is 2. The van der Waals surface area contributed by atoms with Gasteiger partial charge in [0, 0.05) is 17.7 Å². The van der Waals surface area contributed by atoms with Crippen LogP contribution in [-0.2, 0) is 6.54 Å². The van der Waals surface area contributed by atoms with Crippen LogP contribution in [0.5, 0.6) is 0 Å². The van der Waals surface area contributed by atoms with Gasteiger partial charge in [-0.25, -0.2) is 8.78 Å². The van der Waals surface area contributed by atoms with Crippen LogP contribution in [0.3, 0.4) is 0 Å². The van der Waals surface area contributed by atoms with E-state index in [2.05, 4.69) is 5.32 Å². The predicted octanol–water partition coefficient (Wildman–Crippen LogP) is 3.51. The quantitative estimate of drug-likeness (QED) is 0.912. The molecule has 0 saturated carbocycles. The molecule has 0 atom stereocenters. The average Bonchev–Trinajstić information content (AvgIpc) is 2.42. The van der Waals surface area contributed by atoms with Gasteiger partial charge in [-0.3, -0.25) is 4.79 Å². The molecule has 0 aliphatic carbocycles. The lowest BCUT2D eigenvalue weighted by Gasteiger charge is -2.07. The smallest absolute Gasteiger partial charge is 0.251 e. The minimum absolute atomic E-state index is 0.0152. The Morgan fingerprint density at radius 3 is 2.15 bits per heavy atom. The maximum atomic E-state index is 13.4. The van der Waals surface area contributed by atoms with Crippen LogP contribution in [0.15, 0.2) is 36.4 Å². The summed E-state index contributed by atoms with van der Waals surface area (Å²) in [6.07, 6.45) is 0. The molecular weight excluding hydrogens is 260 g/mol. The van der Waals surface area contributed by atoms with Crippen molar-refractivity contribution in [3.63, 3.8) is 0 Å². The first kappa shape index (κ1) is 14.2. The van der Waals surface area contributed by atoms with Crippen molar-refractivity contribution in [1.82, 2.24) is 5.32 Å². The fourth-order valence-electron chi connectivity index (χ4n) is 1.79. The molecule has 0 aromatic heterocycles. The van der Waals surface area contributed by atoms with Gasteiger partial charge < -0.3 is 5.32 Å². The van der Waals surface area contributed by atoms with E-state index in [1.54, 1.807) is 12.1 Å². The summed E-state index contributed by atoms with van der Waals surface area (Å²) in [5.74, 6) is -1.49. The number of carbonyl (C=O) groups excluding carboxylic acids is 1. The molecule has 1 amide bonds. The zero-order valence-electron chi connectivity index (χ0n) is 11.3. The Hall–Kier alpha value is -2.23. The monoisotopic (exact) mass is 275 g/mol. The van der Waals surface area contributed by atoms with Gasteiger partial charge in [-0.2, -0.15) is 0 Å². The van der Waals surface area contributed by atoms with E-state index < -0.39 is 11.6 Å². The lowest BCUT2D eigenvalue weighted by molar-refractivity contribution is 0.0951. The highest BCUT2D eigenvalue weighted by atomic mass is 19.1. The minimum Gasteiger partial charge on any atom is -0.348 e. The molecule has 104 valence electrons. The molecule has 2 aromatic carbocycles. The van der Waals surface area contributed by atoms with Crippen LogP contribution in [0.2, 0.25) is 0 Å². The molecular formula is C16H15F2NO. The van der Waals surface area contributed by atoms with Crippen LogP contribution >= 0.6 is 0 Å². The first-order valence-electron chi connectivity index (χ1n) is 6.27. The molecule has 0 radical (unpaired) electrons. The summed E-state index contributed by atoms with van der Waals surface area (Å²) in [7, 11) is 0. The molecule has 2 aromatic rings. The second kappa shape index (κ2) is 5.82. The summed E-state index contributed by atoms with van der Waals surface area (Å²) in [5.41, 5.74) is 1.96. The normalized spacial score (nSPS) is 10.4. The van der Waals surface area contributed by atoms with Crippen molar-refractivity contribution in [3.05, 3.63) is 70.3 Å². The van der Waals surface area contributed by atoms with Crippen molar-refractivity contribution in [1.29, 1.82) is 0 Å². The fourth-order valence-corrected chi connectivity index (χ4v) is 1.79. The molecule has 2 nitrogen and oxygen atoms in total. The second-order valence-corrected chi connectivity index (χ2v) is 4.73. The number of aryl methyl sites for hydroxylation is 1. The Kier molecular flexibility index (Phi) is 4.13. The molecule has 0 fully saturated rings. The zero-order chi connectivity index (χ0) is 14.7. The van der Waals surface area contributed by atoms with Crippen LogP contribution in [0.25, 0.3) is 0 Å². The number of carbonyl (C=O) groups is 1. The van der Waals surface area contributed by atoms with Gasteiger partial charge in [-0.1, -0.05) is 17.7 Å². The van der Waals surface area contributed by atoms with Crippen molar-refractivity contribution in [2.45, 2.75) is 20.4 Å². The van der Waals surface area contributed by atoms with Crippen molar-refractivity contribution in [2.75, 3.05) is 0 Å². The standard InChI is InChI=1S/C16H15F2NO/c1-10-3-5-13(6-4-10)16(20)19-9-12-7-14(17)11(2)15(18)8-12/h3-8H,9H2,1-2H3,(H,19,20). The molecule has 4 heteroatoms. The lowest BCUT2D eigenvalue weighted by Crippen LogP contribution is -2.22. The Bertz CT molecular complexity index is 612. The van der Waals surface area contributed by atoms with Gasteiger partial charge in [-0.15, -0.1) is 0 Å². The Morgan fingerprint density at radius 1 is 1.05 bits per heavy atom. The number of hydrogen-bond donors (Lipinski definition) is 1. The molecule has 0 aliphatic rings. The highest BCUT2D eigenvalue weighted by Gasteiger charge is 2.09. The number of hydrogen-bond acceptors (Lipinski definition) is 1. The SMILES string of the molecule is Cc1ccc(C(=O)NCc2cc(F)c(C)c(F)c2)cc1. The number of benzene rings is 2. The Morgan fingerprint density at radius 2 is 1.60 bits per heavy atom. The molecule has 0 heterocycles. The molecule has 0 aliphatic heterocycles. The Labute approximate surface area is 116 Å². The van der Waals surface area contributed by atoms with E-state index in [0.29, 0.717) is 11.1 Å². The average molecular weight is 275 g/mol. The van der Waals surface area contributed by atoms with Gasteiger partial charge in [-0.05, 0) is 43.7 Å². The van der Waals surface area contributed by atoms with E-state index in [1.165, 1.54) is 19.1 Å². The van der Waals surface area contributed by atoms with Crippen LogP contribution in [0.4, 0.5) is 8.78 Å². The fraction of sp³-hybridized carbons (Fsp3) is 0.188. The minimum atomic E-state index is -0.607. The van der Waals surface area contributed by atoms with E-state index in [1.807, 2.05) is 19.1 Å². The van der Waals surface area contributed by atoms with Crippen molar-refractivity contribution in [3.8, 4) is 0 Å².